The average molecular weight is 987 g/mol. The first-order chi connectivity index (χ1) is 25.6. The Morgan fingerprint density at radius 1 is 0.237 bits per heavy atom. The smallest absolute Gasteiger partial charge is 0.149 e. The summed E-state index contributed by atoms with van der Waals surface area (Å²) in [7, 11) is -20.0. The van der Waals surface area contributed by atoms with Gasteiger partial charge in [-0.05, 0) is 36.3 Å². The molecule has 0 aromatic heterocycles. The molecule has 0 saturated heterocycles. The highest BCUT2D eigenvalue weighted by atomic mass is 35.6. The summed E-state index contributed by atoms with van der Waals surface area (Å²) in [6.45, 7) is 78.7. The van der Waals surface area contributed by atoms with E-state index in [-0.39, 0.29) is 0 Å². The fourth-order valence-electron chi connectivity index (χ4n) is 10.6. The van der Waals surface area contributed by atoms with Gasteiger partial charge < -0.3 is 0 Å². The van der Waals surface area contributed by atoms with E-state index < -0.39 is 80.0 Å². The van der Waals surface area contributed by atoms with Gasteiger partial charge >= 0.3 is 0 Å². The molecule has 0 bridgehead atoms. The molecule has 3 aromatic rings. The summed E-state index contributed by atoms with van der Waals surface area (Å²) in [5.41, 5.74) is 4.79. The molecule has 0 heterocycles. The van der Waals surface area contributed by atoms with E-state index >= 15 is 0 Å². The predicted octanol–water partition coefficient (Wildman–Crippen LogP) is 8.72. The quantitative estimate of drug-likeness (QED) is 0.0969. The molecule has 0 aliphatic rings. The average Bonchev–Trinajstić information content (AvgIpc) is 2.94. The summed E-state index contributed by atoms with van der Waals surface area (Å²) in [5.74, 6) is 0. The Morgan fingerprint density at radius 3 is 0.492 bits per heavy atom. The van der Waals surface area contributed by atoms with Crippen LogP contribution in [-0.2, 0) is 0 Å². The second-order valence-corrected chi connectivity index (χ2v) is 77.7. The van der Waals surface area contributed by atoms with Crippen LogP contribution in [0.15, 0.2) is 18.2 Å². The van der Waals surface area contributed by atoms with E-state index in [1.807, 2.05) is 0 Å². The predicted molar refractivity (Wildman–Crippen MR) is 311 cm³/mol. The van der Waals surface area contributed by atoms with Crippen LogP contribution in [0.3, 0.4) is 0 Å². The van der Waals surface area contributed by atoms with Gasteiger partial charge in [-0.15, -0.1) is 11.1 Å². The second-order valence-electron chi connectivity index (χ2n) is 27.9. The minimum absolute atomic E-state index is 1.60. The number of benzene rings is 3. The molecule has 0 fully saturated rings. The third-order valence-electron chi connectivity index (χ3n) is 12.9. The zero-order valence-electron chi connectivity index (χ0n) is 44.6. The van der Waals surface area contributed by atoms with Crippen LogP contribution < -0.4 is 62.2 Å². The molecule has 0 atom stereocenters. The molecule has 0 unspecified atom stereocenters. The van der Waals surface area contributed by atoms with Crippen molar-refractivity contribution in [2.45, 2.75) is 198 Å². The van der Waals surface area contributed by atoms with Gasteiger partial charge in [0, 0.05) is 0 Å². The Bertz CT molecular complexity index is 1860. The van der Waals surface area contributed by atoms with Crippen LogP contribution in [0.5, 0.6) is 0 Å². The maximum absolute atomic E-state index is 9.82. The maximum atomic E-state index is 9.82. The van der Waals surface area contributed by atoms with E-state index in [0.717, 1.165) is 0 Å². The molecule has 3 rings (SSSR count). The van der Waals surface area contributed by atoms with Crippen molar-refractivity contribution in [1.29, 1.82) is 0 Å². The first-order valence-electron chi connectivity index (χ1n) is 22.9. The van der Waals surface area contributed by atoms with E-state index in [2.05, 4.69) is 216 Å². The van der Waals surface area contributed by atoms with Gasteiger partial charge in [0.1, 0.15) is 0 Å². The van der Waals surface area contributed by atoms with E-state index in [1.54, 1.807) is 78.9 Å². The van der Waals surface area contributed by atoms with Crippen LogP contribution in [0, 0.1) is 20.8 Å². The summed E-state index contributed by atoms with van der Waals surface area (Å²) in [5, 5.41) is 20.3. The molecule has 0 aliphatic carbocycles. The maximum Gasteiger partial charge on any atom is 0.248 e. The van der Waals surface area contributed by atoms with E-state index in [0.29, 0.717) is 0 Å². The molecule has 0 radical (unpaired) electrons. The van der Waals surface area contributed by atoms with Gasteiger partial charge in [0.2, 0.25) is 7.38 Å². The molecule has 0 saturated carbocycles. The monoisotopic (exact) mass is 984 g/mol. The minimum Gasteiger partial charge on any atom is -0.149 e. The molecule has 332 valence electrons. The van der Waals surface area contributed by atoms with Crippen molar-refractivity contribution >= 4 is 153 Å². The van der Waals surface area contributed by atoms with Crippen LogP contribution >= 0.6 is 11.1 Å². The van der Waals surface area contributed by atoms with Crippen molar-refractivity contribution in [2.75, 3.05) is 0 Å². The first kappa shape index (κ1) is 53.5. The largest absolute Gasteiger partial charge is 0.248 e. The van der Waals surface area contributed by atoms with Gasteiger partial charge in [0.15, 0.2) is 0 Å². The van der Waals surface area contributed by atoms with Crippen molar-refractivity contribution in [2.24, 2.45) is 0 Å². The molecule has 59 heavy (non-hydrogen) atoms. The Labute approximate surface area is 382 Å². The molecule has 11 heteroatoms. The summed E-state index contributed by atoms with van der Waals surface area (Å²) >= 11 is 9.82. The molecular weight excluding hydrogens is 893 g/mol. The van der Waals surface area contributed by atoms with Crippen LogP contribution in [0.4, 0.5) is 0 Å². The zero-order valence-corrected chi connectivity index (χ0v) is 55.4. The van der Waals surface area contributed by atoms with Gasteiger partial charge in [0.25, 0.3) is 0 Å². The highest BCUT2D eigenvalue weighted by molar-refractivity contribution is 7.44. The van der Waals surface area contributed by atoms with E-state index in [1.165, 1.54) is 0 Å². The van der Waals surface area contributed by atoms with Crippen LogP contribution in [0.25, 0.3) is 0 Å². The fourth-order valence-corrected chi connectivity index (χ4v) is 45.6. The molecule has 0 nitrogen and oxygen atoms in total. The van der Waals surface area contributed by atoms with Gasteiger partial charge in [-0.1, -0.05) is 258 Å². The Hall–Kier alpha value is 0.119. The third-order valence-corrected chi connectivity index (χ3v) is 38.6. The third kappa shape index (κ3) is 10.5. The van der Waals surface area contributed by atoms with Crippen LogP contribution in [0.1, 0.15) is 16.7 Å². The number of hydrogen-bond acceptors (Lipinski definition) is 0. The SMILES string of the molecule is Cc1c([Si](C)(C)C)c([Si](C)(C)C)cc([Si](C)(C)C)c1[Si](Cl)(c1c([Si](C)(C)C)cc([Si](C)(C)C)c([Si](C)(C)C)c1C)c1c([Si](C)(C)C)cc([Si](C)(C)C)c([Si](C)(C)C)c1C. The molecule has 0 spiro atoms. The minimum atomic E-state index is -3.36. The van der Waals surface area contributed by atoms with Crippen molar-refractivity contribution in [3.63, 3.8) is 0 Å². The normalized spacial score (nSPS) is 14.7. The lowest BCUT2D eigenvalue weighted by Crippen LogP contribution is -2.82. The zero-order chi connectivity index (χ0) is 46.8. The van der Waals surface area contributed by atoms with Gasteiger partial charge in [-0.2, -0.15) is 0 Å². The Balaban J connectivity index is 3.28. The summed E-state index contributed by atoms with van der Waals surface area (Å²) in [6.07, 6.45) is 0. The lowest BCUT2D eigenvalue weighted by Gasteiger charge is -2.46. The lowest BCUT2D eigenvalue weighted by atomic mass is 10.2. The Kier molecular flexibility index (Phi) is 14.7. The van der Waals surface area contributed by atoms with Crippen molar-refractivity contribution in [1.82, 2.24) is 0 Å². The summed E-state index contributed by atoms with van der Waals surface area (Å²) in [4.78, 5) is 0. The van der Waals surface area contributed by atoms with Crippen molar-refractivity contribution in [3.8, 4) is 0 Å². The van der Waals surface area contributed by atoms with E-state index in [9.17, 15) is 11.1 Å². The molecule has 0 N–H and O–H groups in total. The molecular formula is C48H93ClSi10. The highest BCUT2D eigenvalue weighted by Crippen LogP contribution is 2.24. The standard InChI is InChI=1S/C48H93ClSi10/c1-34-43(56(22,23)24)37(50(4,5)6)31-40(53(13,14)15)46(34)59(49,47-35(2)44(57(25,26)27)38(51(7,8)9)32-41(47)54(16,17)18)48-36(3)45(58(28,29)30)39(52(10,11)12)33-42(48)55(19,20)21/h31-33H,1-30H3. The fraction of sp³-hybridized carbons (Fsp3) is 0.625. The number of halogens is 1. The van der Waals surface area contributed by atoms with Crippen molar-refractivity contribution in [3.05, 3.63) is 34.9 Å². The topological polar surface area (TPSA) is 0 Å². The number of hydrogen-bond donors (Lipinski definition) is 0. The van der Waals surface area contributed by atoms with Gasteiger partial charge in [-0.3, -0.25) is 0 Å². The summed E-state index contributed by atoms with van der Waals surface area (Å²) in [6, 6.07) is 8.53. The Morgan fingerprint density at radius 2 is 0.373 bits per heavy atom. The lowest BCUT2D eigenvalue weighted by molar-refractivity contribution is 1.50. The molecule has 0 amide bonds. The van der Waals surface area contributed by atoms with Crippen molar-refractivity contribution < 1.29 is 0 Å². The molecule has 0 aliphatic heterocycles. The number of rotatable bonds is 12. The van der Waals surface area contributed by atoms with Gasteiger partial charge in [0.05, 0.1) is 72.7 Å². The highest BCUT2D eigenvalue weighted by Gasteiger charge is 2.53. The van der Waals surface area contributed by atoms with Crippen LogP contribution in [0.2, 0.25) is 177 Å². The first-order valence-corrected chi connectivity index (χ1v) is 57.4. The van der Waals surface area contributed by atoms with E-state index in [4.69, 9.17) is 0 Å². The molecule has 3 aromatic carbocycles. The summed E-state index contributed by atoms with van der Waals surface area (Å²) < 4.78 is 0. The van der Waals surface area contributed by atoms with Crippen LogP contribution in [-0.4, -0.2) is 80.0 Å². The van der Waals surface area contributed by atoms with Gasteiger partial charge in [-0.25, -0.2) is 0 Å². The second kappa shape index (κ2) is 16.2.